The molecule has 1 amide bonds. The van der Waals surface area contributed by atoms with Crippen LogP contribution in [0.25, 0.3) is 0 Å². The van der Waals surface area contributed by atoms with Crippen molar-refractivity contribution in [1.82, 2.24) is 15.1 Å². The van der Waals surface area contributed by atoms with Crippen LogP contribution in [0.1, 0.15) is 31.3 Å². The van der Waals surface area contributed by atoms with Crippen molar-refractivity contribution in [3.63, 3.8) is 0 Å². The summed E-state index contributed by atoms with van der Waals surface area (Å²) in [6, 6.07) is 1.71. The summed E-state index contributed by atoms with van der Waals surface area (Å²) in [6.45, 7) is 6.88. The first-order valence-electron chi connectivity index (χ1n) is 4.66. The molecule has 0 radical (unpaired) electrons. The summed E-state index contributed by atoms with van der Waals surface area (Å²) in [5.74, 6) is -0.111. The third-order valence-corrected chi connectivity index (χ3v) is 1.73. The molecule has 0 unspecified atom stereocenters. The van der Waals surface area contributed by atoms with Gasteiger partial charge in [0.25, 0.3) is 5.91 Å². The van der Waals surface area contributed by atoms with Crippen molar-refractivity contribution in [2.75, 3.05) is 6.54 Å². The number of carbonyl (C=O) groups excluding carboxylic acids is 1. The minimum absolute atomic E-state index is 0.102. The predicted molar refractivity (Wildman–Crippen MR) is 55.0 cm³/mol. The zero-order chi connectivity index (χ0) is 10.8. The molecule has 1 aromatic heterocycles. The topological polar surface area (TPSA) is 46.9 Å². The van der Waals surface area contributed by atoms with Gasteiger partial charge in [0.05, 0.1) is 0 Å². The Bertz CT molecular complexity index is 322. The fourth-order valence-electron chi connectivity index (χ4n) is 0.972. The smallest absolute Gasteiger partial charge is 0.271 e. The Hall–Kier alpha value is -1.32. The number of nitrogens with zero attached hydrogens (tertiary/aromatic N) is 2. The molecule has 0 fully saturated rings. The van der Waals surface area contributed by atoms with Crippen LogP contribution in [0.15, 0.2) is 12.3 Å². The van der Waals surface area contributed by atoms with Crippen LogP contribution in [0.3, 0.4) is 0 Å². The zero-order valence-corrected chi connectivity index (χ0v) is 9.16. The van der Waals surface area contributed by atoms with E-state index in [9.17, 15) is 4.79 Å². The van der Waals surface area contributed by atoms with Gasteiger partial charge in [-0.1, -0.05) is 20.8 Å². The molecule has 4 nitrogen and oxygen atoms in total. The molecular weight excluding hydrogens is 178 g/mol. The van der Waals surface area contributed by atoms with Crippen LogP contribution in [-0.2, 0) is 7.05 Å². The molecule has 1 rings (SSSR count). The number of aryl methyl sites for hydroxylation is 1. The molecule has 78 valence electrons. The number of aromatic nitrogens is 2. The van der Waals surface area contributed by atoms with Gasteiger partial charge in [0.2, 0.25) is 0 Å². The summed E-state index contributed by atoms with van der Waals surface area (Å²) < 4.78 is 1.62. The van der Waals surface area contributed by atoms with Crippen molar-refractivity contribution >= 4 is 5.91 Å². The standard InChI is InChI=1S/C10H17N3O/c1-10(2,3)7-11-9(14)8-5-6-13(4)12-8/h5-6H,7H2,1-4H3,(H,11,14). The number of nitrogens with one attached hydrogen (secondary N) is 1. The van der Waals surface area contributed by atoms with Crippen LogP contribution in [0.4, 0.5) is 0 Å². The maximum Gasteiger partial charge on any atom is 0.271 e. The molecule has 0 aliphatic rings. The molecule has 0 spiro atoms. The third-order valence-electron chi connectivity index (χ3n) is 1.73. The van der Waals surface area contributed by atoms with Crippen molar-refractivity contribution < 1.29 is 4.79 Å². The monoisotopic (exact) mass is 195 g/mol. The van der Waals surface area contributed by atoms with Crippen LogP contribution < -0.4 is 5.32 Å². The Morgan fingerprint density at radius 1 is 1.57 bits per heavy atom. The van der Waals surface area contributed by atoms with Gasteiger partial charge in [-0.3, -0.25) is 9.48 Å². The molecule has 1 heterocycles. The predicted octanol–water partition coefficient (Wildman–Crippen LogP) is 1.20. The van der Waals surface area contributed by atoms with E-state index in [1.807, 2.05) is 0 Å². The van der Waals surface area contributed by atoms with E-state index in [0.29, 0.717) is 12.2 Å². The summed E-state index contributed by atoms with van der Waals surface area (Å²) in [5.41, 5.74) is 0.571. The van der Waals surface area contributed by atoms with Gasteiger partial charge in [0.1, 0.15) is 5.69 Å². The van der Waals surface area contributed by atoms with E-state index in [4.69, 9.17) is 0 Å². The Balaban J connectivity index is 2.52. The van der Waals surface area contributed by atoms with Crippen molar-refractivity contribution in [2.45, 2.75) is 20.8 Å². The Morgan fingerprint density at radius 2 is 2.21 bits per heavy atom. The van der Waals surface area contributed by atoms with Gasteiger partial charge in [0.15, 0.2) is 0 Å². The van der Waals surface area contributed by atoms with Crippen LogP contribution >= 0.6 is 0 Å². The highest BCUT2D eigenvalue weighted by atomic mass is 16.1. The normalized spacial score (nSPS) is 11.4. The van der Waals surface area contributed by atoms with E-state index in [-0.39, 0.29) is 11.3 Å². The molecule has 0 aliphatic carbocycles. The summed E-state index contributed by atoms with van der Waals surface area (Å²) in [6.07, 6.45) is 1.76. The lowest BCUT2D eigenvalue weighted by Crippen LogP contribution is -2.32. The van der Waals surface area contributed by atoms with Crippen LogP contribution in [0.5, 0.6) is 0 Å². The molecule has 0 atom stereocenters. The molecule has 14 heavy (non-hydrogen) atoms. The largest absolute Gasteiger partial charge is 0.350 e. The summed E-state index contributed by atoms with van der Waals surface area (Å²) >= 11 is 0. The highest BCUT2D eigenvalue weighted by Crippen LogP contribution is 2.10. The minimum atomic E-state index is -0.111. The van der Waals surface area contributed by atoms with E-state index < -0.39 is 0 Å². The van der Waals surface area contributed by atoms with Gasteiger partial charge in [-0.2, -0.15) is 5.10 Å². The number of hydrogen-bond donors (Lipinski definition) is 1. The molecule has 0 aliphatic heterocycles. The molecule has 1 aromatic rings. The van der Waals surface area contributed by atoms with E-state index in [1.54, 1.807) is 24.0 Å². The van der Waals surface area contributed by atoms with Crippen LogP contribution in [-0.4, -0.2) is 22.2 Å². The van der Waals surface area contributed by atoms with Crippen molar-refractivity contribution in [1.29, 1.82) is 0 Å². The second-order valence-electron chi connectivity index (χ2n) is 4.62. The van der Waals surface area contributed by atoms with Crippen molar-refractivity contribution in [3.8, 4) is 0 Å². The zero-order valence-electron chi connectivity index (χ0n) is 9.16. The third kappa shape index (κ3) is 3.20. The maximum atomic E-state index is 11.5. The molecule has 0 aromatic carbocycles. The van der Waals surface area contributed by atoms with Gasteiger partial charge in [-0.05, 0) is 11.5 Å². The number of hydrogen-bond acceptors (Lipinski definition) is 2. The Labute approximate surface area is 84.3 Å². The van der Waals surface area contributed by atoms with E-state index in [0.717, 1.165) is 0 Å². The lowest BCUT2D eigenvalue weighted by Gasteiger charge is -2.17. The Kier molecular flexibility index (Phi) is 2.93. The lowest BCUT2D eigenvalue weighted by atomic mass is 9.97. The first-order valence-corrected chi connectivity index (χ1v) is 4.66. The van der Waals surface area contributed by atoms with Crippen LogP contribution in [0.2, 0.25) is 0 Å². The molecule has 4 heteroatoms. The van der Waals surface area contributed by atoms with Gasteiger partial charge >= 0.3 is 0 Å². The van der Waals surface area contributed by atoms with Gasteiger partial charge in [-0.25, -0.2) is 0 Å². The van der Waals surface area contributed by atoms with Gasteiger partial charge in [0, 0.05) is 19.8 Å². The number of amides is 1. The highest BCUT2D eigenvalue weighted by Gasteiger charge is 2.14. The second-order valence-corrected chi connectivity index (χ2v) is 4.62. The fraction of sp³-hybridized carbons (Fsp3) is 0.600. The average molecular weight is 195 g/mol. The van der Waals surface area contributed by atoms with Gasteiger partial charge < -0.3 is 5.32 Å². The lowest BCUT2D eigenvalue weighted by molar-refractivity contribution is 0.0933. The van der Waals surface area contributed by atoms with Crippen molar-refractivity contribution in [3.05, 3.63) is 18.0 Å². The Morgan fingerprint density at radius 3 is 2.64 bits per heavy atom. The summed E-state index contributed by atoms with van der Waals surface area (Å²) in [4.78, 5) is 11.5. The minimum Gasteiger partial charge on any atom is -0.350 e. The van der Waals surface area contributed by atoms with Crippen LogP contribution in [0, 0.1) is 5.41 Å². The number of carbonyl (C=O) groups is 1. The maximum absolute atomic E-state index is 11.5. The number of rotatable bonds is 2. The van der Waals surface area contributed by atoms with E-state index in [2.05, 4.69) is 31.2 Å². The van der Waals surface area contributed by atoms with Gasteiger partial charge in [-0.15, -0.1) is 0 Å². The SMILES string of the molecule is Cn1ccc(C(=O)NCC(C)(C)C)n1. The van der Waals surface area contributed by atoms with Crippen molar-refractivity contribution in [2.24, 2.45) is 12.5 Å². The summed E-state index contributed by atoms with van der Waals surface area (Å²) in [7, 11) is 1.79. The molecule has 1 N–H and O–H groups in total. The van der Waals surface area contributed by atoms with E-state index >= 15 is 0 Å². The molecular formula is C10H17N3O. The summed E-state index contributed by atoms with van der Waals surface area (Å²) in [5, 5.41) is 6.85. The molecule has 0 saturated heterocycles. The molecule has 0 saturated carbocycles. The molecule has 0 bridgehead atoms. The average Bonchev–Trinajstić information content (AvgIpc) is 2.46. The second kappa shape index (κ2) is 3.82. The first kappa shape index (κ1) is 10.8. The van der Waals surface area contributed by atoms with E-state index in [1.165, 1.54) is 0 Å². The quantitative estimate of drug-likeness (QED) is 0.770. The highest BCUT2D eigenvalue weighted by molar-refractivity contribution is 5.92. The first-order chi connectivity index (χ1) is 6.38. The fourth-order valence-corrected chi connectivity index (χ4v) is 0.972.